The molecule has 0 amide bonds. The summed E-state index contributed by atoms with van der Waals surface area (Å²) in [7, 11) is 1.77. The highest BCUT2D eigenvalue weighted by Crippen LogP contribution is 2.50. The van der Waals surface area contributed by atoms with Gasteiger partial charge in [0.15, 0.2) is 0 Å². The predicted molar refractivity (Wildman–Crippen MR) is 60.0 cm³/mol. The van der Waals surface area contributed by atoms with Crippen molar-refractivity contribution in [3.63, 3.8) is 0 Å². The molecule has 2 nitrogen and oxygen atoms in total. The second-order valence-corrected chi connectivity index (χ2v) is 4.32. The molecule has 3 rings (SSSR count). The molecule has 1 heterocycles. The number of allylic oxidation sites excluding steroid dienone is 6. The van der Waals surface area contributed by atoms with Crippen molar-refractivity contribution < 1.29 is 4.74 Å². The zero-order valence-electron chi connectivity index (χ0n) is 8.81. The molecule has 0 radical (unpaired) electrons. The molecule has 1 saturated heterocycles. The van der Waals surface area contributed by atoms with Crippen LogP contribution in [-0.4, -0.2) is 13.3 Å². The largest absolute Gasteiger partial charge is 0.362 e. The van der Waals surface area contributed by atoms with E-state index in [1.165, 1.54) is 5.70 Å². The molecule has 3 aliphatic rings. The van der Waals surface area contributed by atoms with E-state index in [-0.39, 0.29) is 11.6 Å². The van der Waals surface area contributed by atoms with Crippen LogP contribution in [-0.2, 0) is 4.74 Å². The highest BCUT2D eigenvalue weighted by Gasteiger charge is 2.49. The van der Waals surface area contributed by atoms with Gasteiger partial charge in [-0.2, -0.15) is 0 Å². The number of rotatable bonds is 1. The van der Waals surface area contributed by atoms with Crippen LogP contribution in [0.4, 0.5) is 0 Å². The zero-order chi connectivity index (χ0) is 10.3. The Kier molecular flexibility index (Phi) is 1.86. The molecule has 0 aromatic carbocycles. The Morgan fingerprint density at radius 3 is 3.20 bits per heavy atom. The van der Waals surface area contributed by atoms with Crippen LogP contribution in [0.3, 0.4) is 0 Å². The van der Waals surface area contributed by atoms with Gasteiger partial charge in [-0.25, -0.2) is 0 Å². The standard InChI is InChI=1S/C13H15NO/c1-15-12-10-6-2-4-8-13(10)9-5-3-7-11(13)14-12/h2-8,10,12,14H,9H2,1H3. The van der Waals surface area contributed by atoms with Crippen molar-refractivity contribution >= 4 is 0 Å². The molecule has 0 saturated carbocycles. The van der Waals surface area contributed by atoms with Crippen molar-refractivity contribution in [3.8, 4) is 0 Å². The molecule has 1 aliphatic heterocycles. The normalized spacial score (nSPS) is 40.7. The number of nitrogens with one attached hydrogen (secondary N) is 1. The minimum absolute atomic E-state index is 0.109. The third-order valence-corrected chi connectivity index (χ3v) is 3.65. The maximum absolute atomic E-state index is 5.50. The van der Waals surface area contributed by atoms with E-state index in [1.54, 1.807) is 7.11 Å². The van der Waals surface area contributed by atoms with Gasteiger partial charge in [0, 0.05) is 24.1 Å². The highest BCUT2D eigenvalue weighted by atomic mass is 16.5. The maximum atomic E-state index is 5.50. The van der Waals surface area contributed by atoms with E-state index < -0.39 is 0 Å². The first-order valence-electron chi connectivity index (χ1n) is 5.39. The van der Waals surface area contributed by atoms with Gasteiger partial charge in [-0.15, -0.1) is 0 Å². The van der Waals surface area contributed by atoms with Crippen LogP contribution in [0.25, 0.3) is 0 Å². The van der Waals surface area contributed by atoms with Gasteiger partial charge >= 0.3 is 0 Å². The smallest absolute Gasteiger partial charge is 0.134 e. The van der Waals surface area contributed by atoms with E-state index in [0.717, 1.165) is 6.42 Å². The fraction of sp³-hybridized carbons (Fsp3) is 0.385. The number of methoxy groups -OCH3 is 1. The Bertz CT molecular complexity index is 391. The molecule has 2 heteroatoms. The molecule has 0 aromatic rings. The first-order chi connectivity index (χ1) is 7.37. The van der Waals surface area contributed by atoms with Gasteiger partial charge < -0.3 is 10.1 Å². The Morgan fingerprint density at radius 1 is 1.40 bits per heavy atom. The second-order valence-electron chi connectivity index (χ2n) is 4.32. The van der Waals surface area contributed by atoms with Crippen LogP contribution in [0, 0.1) is 11.3 Å². The third-order valence-electron chi connectivity index (χ3n) is 3.65. The topological polar surface area (TPSA) is 21.3 Å². The van der Waals surface area contributed by atoms with Crippen molar-refractivity contribution in [2.45, 2.75) is 12.6 Å². The molecule has 15 heavy (non-hydrogen) atoms. The van der Waals surface area contributed by atoms with Gasteiger partial charge in [-0.3, -0.25) is 0 Å². The lowest BCUT2D eigenvalue weighted by Crippen LogP contribution is -2.31. The van der Waals surface area contributed by atoms with E-state index >= 15 is 0 Å². The van der Waals surface area contributed by atoms with E-state index in [4.69, 9.17) is 4.74 Å². The lowest BCUT2D eigenvalue weighted by Gasteiger charge is -2.34. The summed E-state index contributed by atoms with van der Waals surface area (Å²) in [6.07, 6.45) is 16.5. The Balaban J connectivity index is 2.08. The van der Waals surface area contributed by atoms with Crippen LogP contribution in [0.1, 0.15) is 6.42 Å². The minimum Gasteiger partial charge on any atom is -0.362 e. The molecular formula is C13H15NO. The van der Waals surface area contributed by atoms with Gasteiger partial charge in [0.25, 0.3) is 0 Å². The van der Waals surface area contributed by atoms with Crippen molar-refractivity contribution in [2.75, 3.05) is 7.11 Å². The maximum Gasteiger partial charge on any atom is 0.134 e. The molecule has 1 spiro atoms. The molecule has 0 bridgehead atoms. The number of hydrogen-bond donors (Lipinski definition) is 1. The van der Waals surface area contributed by atoms with Gasteiger partial charge in [0.05, 0.1) is 0 Å². The third kappa shape index (κ3) is 1.08. The Hall–Kier alpha value is -1.28. The SMILES string of the molecule is COC1NC2=CC=CCC23C=CC=CC13. The molecule has 1 fully saturated rings. The molecule has 3 unspecified atom stereocenters. The van der Waals surface area contributed by atoms with Crippen LogP contribution >= 0.6 is 0 Å². The molecule has 2 aliphatic carbocycles. The summed E-state index contributed by atoms with van der Waals surface area (Å²) in [4.78, 5) is 0. The molecule has 78 valence electrons. The summed E-state index contributed by atoms with van der Waals surface area (Å²) >= 11 is 0. The molecule has 3 atom stereocenters. The van der Waals surface area contributed by atoms with Gasteiger partial charge in [-0.05, 0) is 12.5 Å². The monoisotopic (exact) mass is 201 g/mol. The second kappa shape index (κ2) is 3.11. The molecular weight excluding hydrogens is 186 g/mol. The van der Waals surface area contributed by atoms with Gasteiger partial charge in [0.2, 0.25) is 0 Å². The lowest BCUT2D eigenvalue weighted by atomic mass is 9.69. The summed E-state index contributed by atoms with van der Waals surface area (Å²) in [5, 5.41) is 3.46. The first-order valence-corrected chi connectivity index (χ1v) is 5.39. The molecule has 1 N–H and O–H groups in total. The van der Waals surface area contributed by atoms with Crippen LogP contribution in [0.5, 0.6) is 0 Å². The van der Waals surface area contributed by atoms with E-state index in [2.05, 4.69) is 47.8 Å². The van der Waals surface area contributed by atoms with Crippen LogP contribution in [0.2, 0.25) is 0 Å². The van der Waals surface area contributed by atoms with Crippen molar-refractivity contribution in [1.82, 2.24) is 5.32 Å². The van der Waals surface area contributed by atoms with Gasteiger partial charge in [0.1, 0.15) is 6.23 Å². The summed E-state index contributed by atoms with van der Waals surface area (Å²) in [6.45, 7) is 0. The average molecular weight is 201 g/mol. The van der Waals surface area contributed by atoms with Crippen LogP contribution < -0.4 is 5.32 Å². The fourth-order valence-corrected chi connectivity index (χ4v) is 2.86. The first kappa shape index (κ1) is 8.98. The summed E-state index contributed by atoms with van der Waals surface area (Å²) in [5.41, 5.74) is 1.42. The van der Waals surface area contributed by atoms with E-state index in [0.29, 0.717) is 5.92 Å². The average Bonchev–Trinajstić information content (AvgIpc) is 2.63. The summed E-state index contributed by atoms with van der Waals surface area (Å²) in [6, 6.07) is 0. The lowest BCUT2D eigenvalue weighted by molar-refractivity contribution is 0.0550. The summed E-state index contributed by atoms with van der Waals surface area (Å²) < 4.78 is 5.50. The Labute approximate surface area is 90.0 Å². The van der Waals surface area contributed by atoms with Crippen molar-refractivity contribution in [1.29, 1.82) is 0 Å². The van der Waals surface area contributed by atoms with Gasteiger partial charge in [-0.1, -0.05) is 36.5 Å². The zero-order valence-corrected chi connectivity index (χ0v) is 8.81. The minimum atomic E-state index is 0.109. The van der Waals surface area contributed by atoms with Crippen LogP contribution in [0.15, 0.2) is 48.2 Å². The van der Waals surface area contributed by atoms with E-state index in [1.807, 2.05) is 0 Å². The quantitative estimate of drug-likeness (QED) is 0.701. The Morgan fingerprint density at radius 2 is 2.33 bits per heavy atom. The highest BCUT2D eigenvalue weighted by molar-refractivity contribution is 5.40. The van der Waals surface area contributed by atoms with Crippen molar-refractivity contribution in [2.24, 2.45) is 11.3 Å². The number of hydrogen-bond acceptors (Lipinski definition) is 2. The van der Waals surface area contributed by atoms with E-state index in [9.17, 15) is 0 Å². The number of ether oxygens (including phenoxy) is 1. The summed E-state index contributed by atoms with van der Waals surface area (Å²) in [5.74, 6) is 0.420. The van der Waals surface area contributed by atoms with Crippen molar-refractivity contribution in [3.05, 3.63) is 48.2 Å². The predicted octanol–water partition coefficient (Wildman–Crippen LogP) is 2.13. The fourth-order valence-electron chi connectivity index (χ4n) is 2.86. The molecule has 0 aromatic heterocycles.